The maximum Gasteiger partial charge on any atom is 0.125 e. The van der Waals surface area contributed by atoms with Gasteiger partial charge in [-0.1, -0.05) is 20.8 Å². The maximum absolute atomic E-state index is 5.28. The average Bonchev–Trinajstić information content (AvgIpc) is 2.47. The van der Waals surface area contributed by atoms with Crippen molar-refractivity contribution in [3.05, 3.63) is 17.5 Å². The van der Waals surface area contributed by atoms with E-state index in [0.29, 0.717) is 0 Å². The lowest BCUT2D eigenvalue weighted by atomic mass is 9.91. The molecule has 0 spiro atoms. The second-order valence-corrected chi connectivity index (χ2v) is 5.42. The molecule has 0 aliphatic heterocycles. The summed E-state index contributed by atoms with van der Waals surface area (Å²) in [6, 6.07) is 2.05. The molecule has 4 nitrogen and oxygen atoms in total. The Morgan fingerprint density at radius 3 is 2.13 bits per heavy atom. The molecule has 86 valence electrons. The molecule has 0 fully saturated rings. The molecular formula is C11H21N3O. The third-order valence-electron chi connectivity index (χ3n) is 2.56. The second-order valence-electron chi connectivity index (χ2n) is 5.42. The first-order valence-electron chi connectivity index (χ1n) is 5.11. The van der Waals surface area contributed by atoms with E-state index in [4.69, 9.17) is 10.7 Å². The number of aromatic nitrogens is 2. The molecule has 4 heteroatoms. The van der Waals surface area contributed by atoms with Crippen molar-refractivity contribution in [3.63, 3.8) is 0 Å². The van der Waals surface area contributed by atoms with Gasteiger partial charge >= 0.3 is 0 Å². The van der Waals surface area contributed by atoms with Gasteiger partial charge < -0.3 is 0 Å². The van der Waals surface area contributed by atoms with E-state index in [-0.39, 0.29) is 5.41 Å². The van der Waals surface area contributed by atoms with Crippen molar-refractivity contribution in [1.29, 1.82) is 0 Å². The second kappa shape index (κ2) is 3.61. The molecule has 0 amide bonds. The van der Waals surface area contributed by atoms with Crippen LogP contribution in [0.15, 0.2) is 6.07 Å². The minimum atomic E-state index is -0.509. The van der Waals surface area contributed by atoms with Crippen molar-refractivity contribution in [2.24, 2.45) is 12.9 Å². The van der Waals surface area contributed by atoms with Gasteiger partial charge in [0.25, 0.3) is 0 Å². The molecule has 0 bridgehead atoms. The van der Waals surface area contributed by atoms with Crippen LogP contribution < -0.4 is 5.90 Å². The lowest BCUT2D eigenvalue weighted by Gasteiger charge is -2.21. The lowest BCUT2D eigenvalue weighted by molar-refractivity contribution is -0.0294. The van der Waals surface area contributed by atoms with Crippen LogP contribution in [0.4, 0.5) is 0 Å². The van der Waals surface area contributed by atoms with Crippen LogP contribution in [0, 0.1) is 0 Å². The van der Waals surface area contributed by atoms with E-state index in [1.54, 1.807) is 0 Å². The van der Waals surface area contributed by atoms with E-state index in [0.717, 1.165) is 11.4 Å². The van der Waals surface area contributed by atoms with Crippen molar-refractivity contribution in [2.75, 3.05) is 0 Å². The summed E-state index contributed by atoms with van der Waals surface area (Å²) in [5.41, 5.74) is 1.56. The van der Waals surface area contributed by atoms with Crippen LogP contribution in [0.5, 0.6) is 0 Å². The summed E-state index contributed by atoms with van der Waals surface area (Å²) in [6.45, 7) is 10.3. The van der Waals surface area contributed by atoms with Gasteiger partial charge in [-0.3, -0.25) is 9.52 Å². The molecule has 1 heterocycles. The molecule has 0 atom stereocenters. The SMILES string of the molecule is Cn1nc(C(C)(C)C)cc1C(C)(C)ON. The van der Waals surface area contributed by atoms with E-state index in [9.17, 15) is 0 Å². The average molecular weight is 211 g/mol. The van der Waals surface area contributed by atoms with Gasteiger partial charge in [-0.25, -0.2) is 5.90 Å². The van der Waals surface area contributed by atoms with E-state index >= 15 is 0 Å². The summed E-state index contributed by atoms with van der Waals surface area (Å²) >= 11 is 0. The highest BCUT2D eigenvalue weighted by atomic mass is 16.6. The first-order chi connectivity index (χ1) is 6.68. The number of rotatable bonds is 2. The molecule has 2 N–H and O–H groups in total. The van der Waals surface area contributed by atoms with Gasteiger partial charge in [0, 0.05) is 12.5 Å². The van der Waals surface area contributed by atoms with Crippen molar-refractivity contribution >= 4 is 0 Å². The Bertz CT molecular complexity index is 347. The Labute approximate surface area is 91.4 Å². The standard InChI is InChI=1S/C11H21N3O/c1-10(2,3)8-7-9(14(6)13-8)11(4,5)15-12/h7H,12H2,1-6H3. The van der Waals surface area contributed by atoms with Crippen LogP contribution in [-0.2, 0) is 22.9 Å². The zero-order valence-corrected chi connectivity index (χ0v) is 10.5. The maximum atomic E-state index is 5.28. The molecule has 0 aliphatic carbocycles. The summed E-state index contributed by atoms with van der Waals surface area (Å²) in [7, 11) is 1.91. The molecule has 0 aromatic carbocycles. The molecule has 15 heavy (non-hydrogen) atoms. The molecular weight excluding hydrogens is 190 g/mol. The van der Waals surface area contributed by atoms with Crippen molar-refractivity contribution in [1.82, 2.24) is 9.78 Å². The van der Waals surface area contributed by atoms with Crippen molar-refractivity contribution in [3.8, 4) is 0 Å². The van der Waals surface area contributed by atoms with E-state index in [1.165, 1.54) is 0 Å². The van der Waals surface area contributed by atoms with Crippen LogP contribution in [-0.4, -0.2) is 9.78 Å². The monoisotopic (exact) mass is 211 g/mol. The minimum absolute atomic E-state index is 0.0423. The molecule has 0 unspecified atom stereocenters. The summed E-state index contributed by atoms with van der Waals surface area (Å²) in [4.78, 5) is 4.97. The molecule has 1 aromatic rings. The predicted octanol–water partition coefficient (Wildman–Crippen LogP) is 1.84. The van der Waals surface area contributed by atoms with Crippen LogP contribution in [0.2, 0.25) is 0 Å². The molecule has 1 rings (SSSR count). The quantitative estimate of drug-likeness (QED) is 0.759. The summed E-state index contributed by atoms with van der Waals surface area (Å²) in [6.07, 6.45) is 0. The largest absolute Gasteiger partial charge is 0.292 e. The first-order valence-corrected chi connectivity index (χ1v) is 5.11. The van der Waals surface area contributed by atoms with Gasteiger partial charge in [0.2, 0.25) is 0 Å². The van der Waals surface area contributed by atoms with Gasteiger partial charge in [-0.2, -0.15) is 5.10 Å². The van der Waals surface area contributed by atoms with E-state index in [1.807, 2.05) is 31.6 Å². The van der Waals surface area contributed by atoms with E-state index < -0.39 is 5.60 Å². The molecule has 0 aliphatic rings. The lowest BCUT2D eigenvalue weighted by Crippen LogP contribution is -2.27. The fraction of sp³-hybridized carbons (Fsp3) is 0.727. The number of hydrogen-bond donors (Lipinski definition) is 1. The van der Waals surface area contributed by atoms with Crippen molar-refractivity contribution < 1.29 is 4.84 Å². The Morgan fingerprint density at radius 2 is 1.80 bits per heavy atom. The van der Waals surface area contributed by atoms with Gasteiger partial charge in [0.1, 0.15) is 5.60 Å². The third-order valence-corrected chi connectivity index (χ3v) is 2.56. The van der Waals surface area contributed by atoms with Crippen molar-refractivity contribution in [2.45, 2.75) is 45.6 Å². The van der Waals surface area contributed by atoms with E-state index in [2.05, 4.69) is 25.9 Å². The third kappa shape index (κ3) is 2.38. The molecule has 1 aromatic heterocycles. The summed E-state index contributed by atoms with van der Waals surface area (Å²) in [5.74, 6) is 5.28. The van der Waals surface area contributed by atoms with Gasteiger partial charge in [0.05, 0.1) is 11.4 Å². The number of nitrogens with two attached hydrogens (primary N) is 1. The highest BCUT2D eigenvalue weighted by Gasteiger charge is 2.28. The Morgan fingerprint density at radius 1 is 1.27 bits per heavy atom. The highest BCUT2D eigenvalue weighted by molar-refractivity contribution is 5.21. The summed E-state index contributed by atoms with van der Waals surface area (Å²) < 4.78 is 1.83. The van der Waals surface area contributed by atoms with Gasteiger partial charge in [-0.15, -0.1) is 0 Å². The molecule has 0 saturated carbocycles. The van der Waals surface area contributed by atoms with Crippen LogP contribution in [0.1, 0.15) is 46.0 Å². The molecule has 0 radical (unpaired) electrons. The van der Waals surface area contributed by atoms with Crippen LogP contribution >= 0.6 is 0 Å². The topological polar surface area (TPSA) is 53.1 Å². The normalized spacial score (nSPS) is 13.3. The zero-order valence-electron chi connectivity index (χ0n) is 10.5. The fourth-order valence-corrected chi connectivity index (χ4v) is 1.46. The van der Waals surface area contributed by atoms with Gasteiger partial charge in [-0.05, 0) is 19.9 Å². The summed E-state index contributed by atoms with van der Waals surface area (Å²) in [5, 5.41) is 4.48. The first kappa shape index (κ1) is 12.2. The number of hydrogen-bond acceptors (Lipinski definition) is 3. The zero-order chi connectivity index (χ0) is 11.9. The smallest absolute Gasteiger partial charge is 0.125 e. The van der Waals surface area contributed by atoms with Crippen LogP contribution in [0.3, 0.4) is 0 Å². The van der Waals surface area contributed by atoms with Crippen LogP contribution in [0.25, 0.3) is 0 Å². The Balaban J connectivity index is 3.18. The minimum Gasteiger partial charge on any atom is -0.292 e. The number of nitrogens with zero attached hydrogens (tertiary/aromatic N) is 2. The number of aryl methyl sites for hydroxylation is 1. The molecule has 0 saturated heterocycles. The highest BCUT2D eigenvalue weighted by Crippen LogP contribution is 2.28. The van der Waals surface area contributed by atoms with Gasteiger partial charge in [0.15, 0.2) is 0 Å². The predicted molar refractivity (Wildman–Crippen MR) is 60.2 cm³/mol. The Hall–Kier alpha value is -0.870. The fourth-order valence-electron chi connectivity index (χ4n) is 1.46. The Kier molecular flexibility index (Phi) is 2.94.